The third-order valence-electron chi connectivity index (χ3n) is 3.90. The van der Waals surface area contributed by atoms with Gasteiger partial charge in [0.1, 0.15) is 5.60 Å². The highest BCUT2D eigenvalue weighted by Gasteiger charge is 2.40. The Morgan fingerprint density at radius 3 is 2.79 bits per heavy atom. The molecule has 0 saturated carbocycles. The summed E-state index contributed by atoms with van der Waals surface area (Å²) >= 11 is 0. The van der Waals surface area contributed by atoms with Crippen molar-refractivity contribution in [2.75, 3.05) is 47.6 Å². The van der Waals surface area contributed by atoms with Gasteiger partial charge < -0.3 is 24.4 Å². The highest BCUT2D eigenvalue weighted by Crippen LogP contribution is 2.24. The van der Waals surface area contributed by atoms with E-state index in [1.807, 2.05) is 0 Å². The van der Waals surface area contributed by atoms with E-state index in [0.717, 1.165) is 0 Å². The number of carbonyl (C=O) groups is 2. The molecule has 0 spiro atoms. The molecule has 0 aliphatic carbocycles. The smallest absolute Gasteiger partial charge is 0.255 e. The van der Waals surface area contributed by atoms with Gasteiger partial charge in [0.15, 0.2) is 0 Å². The van der Waals surface area contributed by atoms with E-state index in [1.54, 1.807) is 31.2 Å². The molecule has 0 aromatic carbocycles. The molecule has 1 aromatic heterocycles. The van der Waals surface area contributed by atoms with Crippen LogP contribution in [-0.2, 0) is 14.3 Å². The number of methoxy groups -OCH3 is 2. The molecule has 2 heterocycles. The lowest BCUT2D eigenvalue weighted by Crippen LogP contribution is -2.57. The van der Waals surface area contributed by atoms with Crippen LogP contribution in [0.2, 0.25) is 0 Å². The van der Waals surface area contributed by atoms with Gasteiger partial charge in [-0.15, -0.1) is 0 Å². The first kappa shape index (κ1) is 18.2. The summed E-state index contributed by atoms with van der Waals surface area (Å²) in [6, 6.07) is 3.31. The van der Waals surface area contributed by atoms with Crippen molar-refractivity contribution in [3.05, 3.63) is 23.9 Å². The predicted molar refractivity (Wildman–Crippen MR) is 85.9 cm³/mol. The zero-order valence-electron chi connectivity index (χ0n) is 14.2. The second-order valence-electron chi connectivity index (χ2n) is 5.63. The number of rotatable bonds is 6. The summed E-state index contributed by atoms with van der Waals surface area (Å²) in [4.78, 5) is 30.2. The zero-order chi connectivity index (χ0) is 17.6. The first-order valence-electron chi connectivity index (χ1n) is 7.66. The maximum absolute atomic E-state index is 12.7. The summed E-state index contributed by atoms with van der Waals surface area (Å²) in [5.41, 5.74) is -0.383. The van der Waals surface area contributed by atoms with Crippen molar-refractivity contribution >= 4 is 11.8 Å². The molecule has 0 unspecified atom stereocenters. The molecule has 1 saturated heterocycles. The van der Waals surface area contributed by atoms with Crippen LogP contribution in [0.4, 0.5) is 0 Å². The number of pyridine rings is 1. The minimum absolute atomic E-state index is 0.127. The Balaban J connectivity index is 2.14. The molecule has 0 radical (unpaired) electrons. The molecule has 1 fully saturated rings. The average Bonchev–Trinajstić information content (AvgIpc) is 2.61. The summed E-state index contributed by atoms with van der Waals surface area (Å²) in [6.45, 7) is 1.30. The van der Waals surface area contributed by atoms with Crippen LogP contribution >= 0.6 is 0 Å². The van der Waals surface area contributed by atoms with Crippen LogP contribution in [0.3, 0.4) is 0 Å². The molecular formula is C16H23N3O5. The van der Waals surface area contributed by atoms with Crippen LogP contribution in [0.25, 0.3) is 0 Å². The van der Waals surface area contributed by atoms with E-state index in [-0.39, 0.29) is 31.4 Å². The lowest BCUT2D eigenvalue weighted by Gasteiger charge is -2.42. The number of hydrogen-bond donors (Lipinski definition) is 1. The van der Waals surface area contributed by atoms with Crippen molar-refractivity contribution in [2.45, 2.75) is 12.0 Å². The van der Waals surface area contributed by atoms with Gasteiger partial charge in [-0.3, -0.25) is 9.59 Å². The molecule has 2 rings (SSSR count). The molecular weight excluding hydrogens is 314 g/mol. The van der Waals surface area contributed by atoms with Gasteiger partial charge in [-0.05, 0) is 6.07 Å². The Hall–Kier alpha value is -2.19. The van der Waals surface area contributed by atoms with Crippen LogP contribution in [0, 0.1) is 0 Å². The van der Waals surface area contributed by atoms with Crippen LogP contribution < -0.4 is 10.1 Å². The first-order chi connectivity index (χ1) is 11.5. The number of morpholine rings is 1. The summed E-state index contributed by atoms with van der Waals surface area (Å²) in [7, 11) is 4.63. The average molecular weight is 337 g/mol. The van der Waals surface area contributed by atoms with Gasteiger partial charge in [0, 0.05) is 33.0 Å². The third-order valence-corrected chi connectivity index (χ3v) is 3.90. The summed E-state index contributed by atoms with van der Waals surface area (Å²) in [6.07, 6.45) is 1.61. The maximum Gasteiger partial charge on any atom is 0.255 e. The molecule has 1 N–H and O–H groups in total. The minimum atomic E-state index is -0.845. The standard InChI is InChI=1S/C16H23N3O5/c1-17-13(20)8-16(11-22-2)10-19(6-7-24-16)15(21)12-4-5-14(23-3)18-9-12/h4-5,9H,6-8,10-11H2,1-3H3,(H,17,20)/t16-/m0/s1. The molecule has 132 valence electrons. The van der Waals surface area contributed by atoms with Crippen molar-refractivity contribution < 1.29 is 23.8 Å². The summed E-state index contributed by atoms with van der Waals surface area (Å²) in [5, 5.41) is 2.58. The van der Waals surface area contributed by atoms with Gasteiger partial charge in [-0.1, -0.05) is 0 Å². The van der Waals surface area contributed by atoms with E-state index >= 15 is 0 Å². The Labute approximate surface area is 141 Å². The highest BCUT2D eigenvalue weighted by atomic mass is 16.5. The number of nitrogens with zero attached hydrogens (tertiary/aromatic N) is 2. The first-order valence-corrected chi connectivity index (χ1v) is 7.66. The van der Waals surface area contributed by atoms with E-state index < -0.39 is 5.60 Å². The van der Waals surface area contributed by atoms with Gasteiger partial charge in [0.25, 0.3) is 5.91 Å². The van der Waals surface area contributed by atoms with Crippen molar-refractivity contribution in [2.24, 2.45) is 0 Å². The number of nitrogens with one attached hydrogen (secondary N) is 1. The van der Waals surface area contributed by atoms with E-state index in [1.165, 1.54) is 13.3 Å². The van der Waals surface area contributed by atoms with Crippen molar-refractivity contribution in [1.29, 1.82) is 0 Å². The Bertz CT molecular complexity index is 574. The fourth-order valence-electron chi connectivity index (χ4n) is 2.72. The SMILES string of the molecule is CNC(=O)C[C@@]1(COC)CN(C(=O)c2ccc(OC)nc2)CCO1. The molecule has 8 nitrogen and oxygen atoms in total. The van der Waals surface area contributed by atoms with E-state index in [4.69, 9.17) is 14.2 Å². The Morgan fingerprint density at radius 2 is 2.21 bits per heavy atom. The molecule has 24 heavy (non-hydrogen) atoms. The number of ether oxygens (including phenoxy) is 3. The molecule has 1 aliphatic rings. The number of carbonyl (C=O) groups excluding carboxylic acids is 2. The predicted octanol–water partition coefficient (Wildman–Crippen LogP) is 0.0839. The summed E-state index contributed by atoms with van der Waals surface area (Å²) < 4.78 is 16.0. The second kappa shape index (κ2) is 8.07. The van der Waals surface area contributed by atoms with Crippen LogP contribution in [0.1, 0.15) is 16.8 Å². The van der Waals surface area contributed by atoms with Crippen LogP contribution in [0.5, 0.6) is 5.88 Å². The van der Waals surface area contributed by atoms with Gasteiger partial charge in [0.05, 0.1) is 38.9 Å². The quantitative estimate of drug-likeness (QED) is 0.791. The van der Waals surface area contributed by atoms with Crippen molar-refractivity contribution in [1.82, 2.24) is 15.2 Å². The molecule has 1 aromatic rings. The Kier molecular flexibility index (Phi) is 6.10. The largest absolute Gasteiger partial charge is 0.481 e. The molecule has 0 bridgehead atoms. The normalized spacial score (nSPS) is 20.5. The van der Waals surface area contributed by atoms with Gasteiger partial charge in [0.2, 0.25) is 11.8 Å². The minimum Gasteiger partial charge on any atom is -0.481 e. The van der Waals surface area contributed by atoms with Crippen LogP contribution in [-0.4, -0.2) is 74.9 Å². The van der Waals surface area contributed by atoms with E-state index in [9.17, 15) is 9.59 Å². The van der Waals surface area contributed by atoms with Crippen molar-refractivity contribution in [3.63, 3.8) is 0 Å². The van der Waals surface area contributed by atoms with E-state index in [2.05, 4.69) is 10.3 Å². The fraction of sp³-hybridized carbons (Fsp3) is 0.562. The maximum atomic E-state index is 12.7. The van der Waals surface area contributed by atoms with Crippen molar-refractivity contribution in [3.8, 4) is 5.88 Å². The number of hydrogen-bond acceptors (Lipinski definition) is 6. The molecule has 1 atom stereocenters. The van der Waals surface area contributed by atoms with Gasteiger partial charge >= 0.3 is 0 Å². The highest BCUT2D eigenvalue weighted by molar-refractivity contribution is 5.94. The fourth-order valence-corrected chi connectivity index (χ4v) is 2.72. The van der Waals surface area contributed by atoms with Gasteiger partial charge in [-0.25, -0.2) is 4.98 Å². The second-order valence-corrected chi connectivity index (χ2v) is 5.63. The topological polar surface area (TPSA) is 90.0 Å². The molecule has 1 aliphatic heterocycles. The third kappa shape index (κ3) is 4.21. The Morgan fingerprint density at radius 1 is 1.42 bits per heavy atom. The van der Waals surface area contributed by atoms with Gasteiger partial charge in [-0.2, -0.15) is 0 Å². The lowest BCUT2D eigenvalue weighted by atomic mass is 9.97. The number of amides is 2. The molecule has 8 heteroatoms. The lowest BCUT2D eigenvalue weighted by molar-refractivity contribution is -0.150. The van der Waals surface area contributed by atoms with E-state index in [0.29, 0.717) is 24.6 Å². The monoisotopic (exact) mass is 337 g/mol. The summed E-state index contributed by atoms with van der Waals surface area (Å²) in [5.74, 6) is 0.125. The zero-order valence-corrected chi connectivity index (χ0v) is 14.2. The molecule has 2 amide bonds. The number of aromatic nitrogens is 1. The van der Waals surface area contributed by atoms with Crippen LogP contribution in [0.15, 0.2) is 18.3 Å².